The summed E-state index contributed by atoms with van der Waals surface area (Å²) in [4.78, 5) is 0. The Labute approximate surface area is 77.2 Å². The molecule has 0 heterocycles. The Bertz CT molecular complexity index is 136. The van der Waals surface area contributed by atoms with E-state index in [0.29, 0.717) is 6.61 Å². The van der Waals surface area contributed by atoms with E-state index in [1.165, 1.54) is 0 Å². The monoisotopic (exact) mass is 172 g/mol. The maximum absolute atomic E-state index is 9.61. The molecule has 0 aromatic heterocycles. The van der Waals surface area contributed by atoms with Crippen LogP contribution in [-0.2, 0) is 4.74 Å². The number of rotatable bonds is 4. The van der Waals surface area contributed by atoms with Crippen LogP contribution in [0.15, 0.2) is 12.7 Å². The summed E-state index contributed by atoms with van der Waals surface area (Å²) in [5, 5.41) is 9.61. The van der Waals surface area contributed by atoms with Crippen molar-refractivity contribution in [3.63, 3.8) is 0 Å². The minimum absolute atomic E-state index is 0. The SMILES string of the molecule is B.C=CCOC(C)(C)C(C)(C)O. The van der Waals surface area contributed by atoms with Crippen molar-refractivity contribution >= 4 is 8.41 Å². The minimum atomic E-state index is -0.823. The number of aliphatic hydroxyl groups is 1. The average Bonchev–Trinajstić information content (AvgIpc) is 1.81. The van der Waals surface area contributed by atoms with Crippen LogP contribution in [0.3, 0.4) is 0 Å². The van der Waals surface area contributed by atoms with Crippen LogP contribution < -0.4 is 0 Å². The lowest BCUT2D eigenvalue weighted by Gasteiger charge is -2.36. The standard InChI is InChI=1S/C9H18O2.BH3/c1-6-7-11-9(4,5)8(2,3)10;/h6,10H,1,7H2,2-5H3;1H3. The highest BCUT2D eigenvalue weighted by atomic mass is 16.5. The molecular formula is C9H21BO2. The van der Waals surface area contributed by atoms with Gasteiger partial charge in [0.25, 0.3) is 0 Å². The van der Waals surface area contributed by atoms with Gasteiger partial charge in [-0.3, -0.25) is 0 Å². The van der Waals surface area contributed by atoms with Gasteiger partial charge in [0.2, 0.25) is 0 Å². The van der Waals surface area contributed by atoms with Gasteiger partial charge in [-0.05, 0) is 27.7 Å². The van der Waals surface area contributed by atoms with Crippen molar-refractivity contribution in [2.75, 3.05) is 6.61 Å². The lowest BCUT2D eigenvalue weighted by molar-refractivity contribution is -0.139. The van der Waals surface area contributed by atoms with E-state index in [9.17, 15) is 5.11 Å². The molecule has 0 aliphatic rings. The summed E-state index contributed by atoms with van der Waals surface area (Å²) >= 11 is 0. The van der Waals surface area contributed by atoms with Gasteiger partial charge in [-0.15, -0.1) is 6.58 Å². The lowest BCUT2D eigenvalue weighted by atomic mass is 9.89. The van der Waals surface area contributed by atoms with Gasteiger partial charge in [-0.25, -0.2) is 0 Å². The van der Waals surface area contributed by atoms with Crippen LogP contribution in [0.2, 0.25) is 0 Å². The molecular weight excluding hydrogens is 151 g/mol. The van der Waals surface area contributed by atoms with Crippen molar-refractivity contribution in [3.8, 4) is 0 Å². The first-order valence-electron chi connectivity index (χ1n) is 3.78. The molecule has 0 saturated carbocycles. The summed E-state index contributed by atoms with van der Waals surface area (Å²) in [6.07, 6.45) is 1.67. The van der Waals surface area contributed by atoms with E-state index in [-0.39, 0.29) is 8.41 Å². The minimum Gasteiger partial charge on any atom is -0.387 e. The fraction of sp³-hybridized carbons (Fsp3) is 0.778. The van der Waals surface area contributed by atoms with Crippen LogP contribution >= 0.6 is 0 Å². The molecule has 12 heavy (non-hydrogen) atoms. The van der Waals surface area contributed by atoms with Gasteiger partial charge in [0.1, 0.15) is 0 Å². The van der Waals surface area contributed by atoms with Gasteiger partial charge < -0.3 is 9.84 Å². The second-order valence-corrected chi connectivity index (χ2v) is 3.67. The predicted molar refractivity (Wildman–Crippen MR) is 56.5 cm³/mol. The Morgan fingerprint density at radius 2 is 1.75 bits per heavy atom. The third kappa shape index (κ3) is 3.93. The van der Waals surface area contributed by atoms with E-state index in [2.05, 4.69) is 6.58 Å². The van der Waals surface area contributed by atoms with Gasteiger partial charge >= 0.3 is 0 Å². The Balaban J connectivity index is 0. The molecule has 3 heteroatoms. The first-order chi connectivity index (χ1) is 4.81. The number of ether oxygens (including phenoxy) is 1. The van der Waals surface area contributed by atoms with Crippen LogP contribution in [0, 0.1) is 0 Å². The Morgan fingerprint density at radius 3 is 2.00 bits per heavy atom. The normalized spacial score (nSPS) is 12.1. The summed E-state index contributed by atoms with van der Waals surface area (Å²) in [6.45, 7) is 11.2. The average molecular weight is 172 g/mol. The largest absolute Gasteiger partial charge is 0.387 e. The van der Waals surface area contributed by atoms with Crippen molar-refractivity contribution in [1.82, 2.24) is 0 Å². The summed E-state index contributed by atoms with van der Waals surface area (Å²) in [7, 11) is 0. The number of hydrogen-bond donors (Lipinski definition) is 1. The van der Waals surface area contributed by atoms with Crippen LogP contribution in [0.25, 0.3) is 0 Å². The molecule has 0 amide bonds. The van der Waals surface area contributed by atoms with Gasteiger partial charge in [-0.2, -0.15) is 0 Å². The molecule has 0 aliphatic heterocycles. The lowest BCUT2D eigenvalue weighted by Crippen LogP contribution is -2.47. The molecule has 0 bridgehead atoms. The van der Waals surface area contributed by atoms with E-state index in [1.54, 1.807) is 19.9 Å². The zero-order valence-corrected chi connectivity index (χ0v) is 7.85. The summed E-state index contributed by atoms with van der Waals surface area (Å²) in [5.41, 5.74) is -1.35. The molecule has 0 aromatic carbocycles. The van der Waals surface area contributed by atoms with Crippen LogP contribution in [0.4, 0.5) is 0 Å². The summed E-state index contributed by atoms with van der Waals surface area (Å²) < 4.78 is 5.38. The molecule has 72 valence electrons. The van der Waals surface area contributed by atoms with Crippen molar-refractivity contribution in [2.24, 2.45) is 0 Å². The highest BCUT2D eigenvalue weighted by Crippen LogP contribution is 2.24. The van der Waals surface area contributed by atoms with Gasteiger partial charge in [0.15, 0.2) is 0 Å². The Kier molecular flexibility index (Phi) is 5.56. The van der Waals surface area contributed by atoms with E-state index < -0.39 is 11.2 Å². The third-order valence-corrected chi connectivity index (χ3v) is 2.04. The van der Waals surface area contributed by atoms with Gasteiger partial charge in [0.05, 0.1) is 26.2 Å². The van der Waals surface area contributed by atoms with Crippen molar-refractivity contribution < 1.29 is 9.84 Å². The summed E-state index contributed by atoms with van der Waals surface area (Å²) in [5.74, 6) is 0. The Hall–Kier alpha value is -0.275. The van der Waals surface area contributed by atoms with E-state index in [1.807, 2.05) is 13.8 Å². The van der Waals surface area contributed by atoms with Gasteiger partial charge in [0, 0.05) is 0 Å². The fourth-order valence-corrected chi connectivity index (χ4v) is 0.444. The molecule has 0 aliphatic carbocycles. The van der Waals surface area contributed by atoms with Crippen LogP contribution in [0.5, 0.6) is 0 Å². The van der Waals surface area contributed by atoms with Crippen LogP contribution in [-0.4, -0.2) is 31.3 Å². The van der Waals surface area contributed by atoms with E-state index >= 15 is 0 Å². The van der Waals surface area contributed by atoms with Gasteiger partial charge in [-0.1, -0.05) is 6.08 Å². The Morgan fingerprint density at radius 1 is 1.33 bits per heavy atom. The number of hydrogen-bond acceptors (Lipinski definition) is 2. The summed E-state index contributed by atoms with van der Waals surface area (Å²) in [6, 6.07) is 0. The van der Waals surface area contributed by atoms with E-state index in [0.717, 1.165) is 0 Å². The predicted octanol–water partition coefficient (Wildman–Crippen LogP) is 0.555. The molecule has 1 N–H and O–H groups in total. The topological polar surface area (TPSA) is 29.5 Å². The quantitative estimate of drug-likeness (QED) is 0.495. The first-order valence-corrected chi connectivity index (χ1v) is 3.78. The maximum atomic E-state index is 9.61. The van der Waals surface area contributed by atoms with Crippen LogP contribution in [0.1, 0.15) is 27.7 Å². The maximum Gasteiger partial charge on any atom is 0.0910 e. The molecule has 0 radical (unpaired) electrons. The molecule has 0 aromatic rings. The van der Waals surface area contributed by atoms with E-state index in [4.69, 9.17) is 4.74 Å². The second kappa shape index (κ2) is 4.68. The van der Waals surface area contributed by atoms with Crippen molar-refractivity contribution in [3.05, 3.63) is 12.7 Å². The van der Waals surface area contributed by atoms with Crippen molar-refractivity contribution in [1.29, 1.82) is 0 Å². The second-order valence-electron chi connectivity index (χ2n) is 3.67. The first kappa shape index (κ1) is 14.3. The highest BCUT2D eigenvalue weighted by molar-refractivity contribution is 5.75. The molecule has 0 spiro atoms. The molecule has 0 saturated heterocycles. The fourth-order valence-electron chi connectivity index (χ4n) is 0.444. The molecule has 2 nitrogen and oxygen atoms in total. The zero-order valence-electron chi connectivity index (χ0n) is 7.85. The molecule has 0 unspecified atom stereocenters. The molecule has 0 atom stereocenters. The molecule has 0 rings (SSSR count). The smallest absolute Gasteiger partial charge is 0.0910 e. The highest BCUT2D eigenvalue weighted by Gasteiger charge is 2.35. The molecule has 0 fully saturated rings. The zero-order chi connectivity index (χ0) is 9.12. The third-order valence-electron chi connectivity index (χ3n) is 2.04. The van der Waals surface area contributed by atoms with Crippen molar-refractivity contribution in [2.45, 2.75) is 38.9 Å².